The highest BCUT2D eigenvalue weighted by Gasteiger charge is 2.01. The van der Waals surface area contributed by atoms with Crippen LogP contribution in [0, 0.1) is 0 Å². The molecule has 3 heteroatoms. The molecule has 0 aliphatic carbocycles. The van der Waals surface area contributed by atoms with Crippen LogP contribution in [0.15, 0.2) is 11.8 Å². The summed E-state index contributed by atoms with van der Waals surface area (Å²) in [6.45, 7) is 3.97. The Hall–Kier alpha value is -0.540. The van der Waals surface area contributed by atoms with Gasteiger partial charge in [-0.3, -0.25) is 4.84 Å². The predicted octanol–water partition coefficient (Wildman–Crippen LogP) is 0.442. The van der Waals surface area contributed by atoms with Crippen molar-refractivity contribution in [2.75, 3.05) is 19.8 Å². The Balaban J connectivity index is 2.28. The molecule has 0 atom stereocenters. The summed E-state index contributed by atoms with van der Waals surface area (Å²) in [6.07, 6.45) is 1.98. The normalized spacial score (nSPS) is 19.0. The Morgan fingerprint density at radius 3 is 3.33 bits per heavy atom. The van der Waals surface area contributed by atoms with Gasteiger partial charge in [0.05, 0.1) is 6.61 Å². The molecule has 0 fully saturated rings. The van der Waals surface area contributed by atoms with Crippen molar-refractivity contribution >= 4 is 0 Å². The van der Waals surface area contributed by atoms with E-state index in [0.717, 1.165) is 18.9 Å². The van der Waals surface area contributed by atoms with Crippen LogP contribution in [-0.4, -0.2) is 19.8 Å². The average Bonchev–Trinajstić information content (AvgIpc) is 1.91. The van der Waals surface area contributed by atoms with Crippen molar-refractivity contribution in [3.05, 3.63) is 11.8 Å². The lowest BCUT2D eigenvalue weighted by atomic mass is 10.4. The topological polar surface area (TPSA) is 30.5 Å². The summed E-state index contributed by atoms with van der Waals surface area (Å²) >= 11 is 0. The van der Waals surface area contributed by atoms with E-state index in [0.29, 0.717) is 6.61 Å². The molecule has 0 saturated heterocycles. The zero-order valence-corrected chi connectivity index (χ0v) is 5.52. The van der Waals surface area contributed by atoms with Crippen LogP contribution >= 0.6 is 0 Å². The molecule has 0 aromatic heterocycles. The smallest absolute Gasteiger partial charge is 0.125 e. The molecule has 3 nitrogen and oxygen atoms in total. The minimum absolute atomic E-state index is 0.549. The van der Waals surface area contributed by atoms with Gasteiger partial charge >= 0.3 is 0 Å². The second-order valence-electron chi connectivity index (χ2n) is 1.74. The van der Waals surface area contributed by atoms with Gasteiger partial charge in [-0.1, -0.05) is 0 Å². The molecular weight excluding hydrogens is 118 g/mol. The van der Waals surface area contributed by atoms with E-state index in [-0.39, 0.29) is 0 Å². The van der Waals surface area contributed by atoms with Crippen LogP contribution < -0.4 is 5.48 Å². The minimum atomic E-state index is 0.549. The number of hydroxylamine groups is 1. The lowest BCUT2D eigenvalue weighted by molar-refractivity contribution is 0.0221. The molecule has 52 valence electrons. The summed E-state index contributed by atoms with van der Waals surface area (Å²) in [5.41, 5.74) is 2.72. The van der Waals surface area contributed by atoms with Gasteiger partial charge < -0.3 is 4.74 Å². The summed E-state index contributed by atoms with van der Waals surface area (Å²) in [5.74, 6) is 0.927. The first-order valence-corrected chi connectivity index (χ1v) is 3.10. The van der Waals surface area contributed by atoms with E-state index in [1.165, 1.54) is 0 Å². The fourth-order valence-corrected chi connectivity index (χ4v) is 0.682. The second-order valence-corrected chi connectivity index (χ2v) is 1.74. The molecule has 0 saturated carbocycles. The number of nitrogens with one attached hydrogen (secondary N) is 1. The zero-order chi connectivity index (χ0) is 6.53. The maximum absolute atomic E-state index is 5.18. The lowest BCUT2D eigenvalue weighted by Crippen LogP contribution is -2.22. The van der Waals surface area contributed by atoms with E-state index in [2.05, 4.69) is 5.48 Å². The van der Waals surface area contributed by atoms with E-state index in [9.17, 15) is 0 Å². The molecule has 0 unspecified atom stereocenters. The third-order valence-electron chi connectivity index (χ3n) is 1.06. The maximum Gasteiger partial charge on any atom is 0.125 e. The van der Waals surface area contributed by atoms with Gasteiger partial charge in [-0.15, -0.1) is 0 Å². The largest absolute Gasteiger partial charge is 0.496 e. The van der Waals surface area contributed by atoms with Crippen LogP contribution in [0.25, 0.3) is 0 Å². The van der Waals surface area contributed by atoms with Gasteiger partial charge in [0.1, 0.15) is 12.4 Å². The Morgan fingerprint density at radius 1 is 1.89 bits per heavy atom. The molecule has 1 N–H and O–H groups in total. The summed E-state index contributed by atoms with van der Waals surface area (Å²) in [7, 11) is 0. The van der Waals surface area contributed by atoms with Crippen LogP contribution in [0.1, 0.15) is 6.92 Å². The number of hydrogen-bond donors (Lipinski definition) is 1. The third kappa shape index (κ3) is 2.03. The fourth-order valence-electron chi connectivity index (χ4n) is 0.682. The van der Waals surface area contributed by atoms with Crippen molar-refractivity contribution in [2.24, 2.45) is 0 Å². The Kier molecular flexibility index (Phi) is 2.54. The minimum Gasteiger partial charge on any atom is -0.496 e. The summed E-state index contributed by atoms with van der Waals surface area (Å²) < 4.78 is 5.18. The van der Waals surface area contributed by atoms with Gasteiger partial charge in [-0.05, 0) is 13.0 Å². The number of hydrogen-bond acceptors (Lipinski definition) is 3. The fraction of sp³-hybridized carbons (Fsp3) is 0.667. The highest BCUT2D eigenvalue weighted by atomic mass is 16.7. The van der Waals surface area contributed by atoms with Crippen LogP contribution in [0.5, 0.6) is 0 Å². The van der Waals surface area contributed by atoms with Gasteiger partial charge in [-0.2, -0.15) is 5.48 Å². The highest BCUT2D eigenvalue weighted by molar-refractivity contribution is 4.96. The highest BCUT2D eigenvalue weighted by Crippen LogP contribution is 1.99. The molecule has 0 spiro atoms. The molecular formula is C6H11NO2. The monoisotopic (exact) mass is 129 g/mol. The van der Waals surface area contributed by atoms with Crippen LogP contribution in [0.2, 0.25) is 0 Å². The Labute approximate surface area is 54.6 Å². The summed E-state index contributed by atoms with van der Waals surface area (Å²) in [6, 6.07) is 0. The first-order valence-electron chi connectivity index (χ1n) is 3.10. The third-order valence-corrected chi connectivity index (χ3v) is 1.06. The SMILES string of the molecule is CCOC1=CCNOC1. The van der Waals surface area contributed by atoms with Crippen molar-refractivity contribution in [1.29, 1.82) is 0 Å². The number of ether oxygens (including phenoxy) is 1. The molecule has 0 radical (unpaired) electrons. The Bertz CT molecular complexity index is 112. The van der Waals surface area contributed by atoms with Gasteiger partial charge in [0.15, 0.2) is 0 Å². The van der Waals surface area contributed by atoms with E-state index < -0.39 is 0 Å². The predicted molar refractivity (Wildman–Crippen MR) is 33.7 cm³/mol. The van der Waals surface area contributed by atoms with Crippen LogP contribution in [-0.2, 0) is 9.57 Å². The molecule has 1 heterocycles. The molecule has 0 bridgehead atoms. The first kappa shape index (κ1) is 6.58. The first-order chi connectivity index (χ1) is 4.43. The molecule has 1 rings (SSSR count). The Morgan fingerprint density at radius 2 is 2.78 bits per heavy atom. The van der Waals surface area contributed by atoms with Gasteiger partial charge in [0.25, 0.3) is 0 Å². The van der Waals surface area contributed by atoms with Crippen molar-refractivity contribution in [2.45, 2.75) is 6.92 Å². The zero-order valence-electron chi connectivity index (χ0n) is 5.52. The maximum atomic E-state index is 5.18. The van der Waals surface area contributed by atoms with E-state index in [1.54, 1.807) is 0 Å². The lowest BCUT2D eigenvalue weighted by Gasteiger charge is -2.13. The van der Waals surface area contributed by atoms with Crippen molar-refractivity contribution in [1.82, 2.24) is 5.48 Å². The van der Waals surface area contributed by atoms with E-state index in [4.69, 9.17) is 9.57 Å². The van der Waals surface area contributed by atoms with E-state index >= 15 is 0 Å². The quantitative estimate of drug-likeness (QED) is 0.587. The van der Waals surface area contributed by atoms with Crippen molar-refractivity contribution in [3.63, 3.8) is 0 Å². The van der Waals surface area contributed by atoms with Gasteiger partial charge in [-0.25, -0.2) is 0 Å². The molecule has 0 aromatic rings. The second kappa shape index (κ2) is 3.48. The van der Waals surface area contributed by atoms with Crippen molar-refractivity contribution in [3.8, 4) is 0 Å². The number of rotatable bonds is 2. The van der Waals surface area contributed by atoms with Gasteiger partial charge in [0.2, 0.25) is 0 Å². The molecule has 9 heavy (non-hydrogen) atoms. The summed E-state index contributed by atoms with van der Waals surface area (Å²) in [5, 5.41) is 0. The van der Waals surface area contributed by atoms with Crippen LogP contribution in [0.4, 0.5) is 0 Å². The molecule has 1 aliphatic heterocycles. The van der Waals surface area contributed by atoms with Crippen LogP contribution in [0.3, 0.4) is 0 Å². The summed E-state index contributed by atoms with van der Waals surface area (Å²) in [4.78, 5) is 4.89. The molecule has 1 aliphatic rings. The average molecular weight is 129 g/mol. The van der Waals surface area contributed by atoms with E-state index in [1.807, 2.05) is 13.0 Å². The molecule has 0 aromatic carbocycles. The standard InChI is InChI=1S/C6H11NO2/c1-2-8-6-3-4-7-9-5-6/h3,7H,2,4-5H2,1H3. The van der Waals surface area contributed by atoms with Gasteiger partial charge in [0, 0.05) is 6.54 Å². The van der Waals surface area contributed by atoms with Crippen molar-refractivity contribution < 1.29 is 9.57 Å². The molecule has 0 amide bonds.